The zero-order valence-electron chi connectivity index (χ0n) is 33.0. The van der Waals surface area contributed by atoms with E-state index in [9.17, 15) is 39.0 Å². The lowest BCUT2D eigenvalue weighted by Crippen LogP contribution is -2.71. The summed E-state index contributed by atoms with van der Waals surface area (Å²) >= 11 is 0. The number of imide groups is 1. The molecule has 0 radical (unpaired) electrons. The van der Waals surface area contributed by atoms with Crippen molar-refractivity contribution in [3.63, 3.8) is 0 Å². The van der Waals surface area contributed by atoms with Crippen LogP contribution < -0.4 is 0 Å². The first-order valence-electron chi connectivity index (χ1n) is 20.1. The maximum absolute atomic E-state index is 14.7. The minimum absolute atomic E-state index is 0.177. The molecule has 4 heterocycles. The van der Waals surface area contributed by atoms with Gasteiger partial charge >= 0.3 is 17.9 Å². The number of aliphatic hydroxyl groups excluding tert-OH is 1. The summed E-state index contributed by atoms with van der Waals surface area (Å²) in [6, 6.07) is 5.76. The minimum Gasteiger partial charge on any atom is -0.462 e. The van der Waals surface area contributed by atoms with Gasteiger partial charge in [-0.05, 0) is 60.5 Å². The van der Waals surface area contributed by atoms with Crippen LogP contribution in [0.4, 0.5) is 0 Å². The van der Waals surface area contributed by atoms with Gasteiger partial charge in [0.1, 0.15) is 24.4 Å². The van der Waals surface area contributed by atoms with Crippen LogP contribution in [0.2, 0.25) is 0 Å². The number of ketones is 1. The lowest BCUT2D eigenvalue weighted by molar-refractivity contribution is -0.235. The molecule has 56 heavy (non-hydrogen) atoms. The van der Waals surface area contributed by atoms with Crippen molar-refractivity contribution < 1.29 is 57.9 Å². The fourth-order valence-electron chi connectivity index (χ4n) is 15.5. The third-order valence-electron chi connectivity index (χ3n) is 17.8. The topological polar surface area (TPSA) is 189 Å². The van der Waals surface area contributed by atoms with E-state index in [1.807, 2.05) is 13.8 Å². The summed E-state index contributed by atoms with van der Waals surface area (Å²) in [5.41, 5.74) is -6.79. The second-order valence-corrected chi connectivity index (χ2v) is 19.4. The van der Waals surface area contributed by atoms with Gasteiger partial charge in [0, 0.05) is 42.9 Å². The molecule has 1 aromatic carbocycles. The largest absolute Gasteiger partial charge is 0.462 e. The SMILES string of the molecule is CC(=O)O[C@H]1[C@@H]2[C@H]([C@H](C)[C@H]3N(N4C(=O)c5ccccc5C4=O)[C@]34OC(=O)[C@@](C)(O)[C@]24C)[C@]2(C)[C@@H]1C1C(O)C(=O)[C@H]3C[C@@H]4O[C@@H]4[C@H](OC(C)=O)[C@]3(C)C1C(C)[C@@H]2C. The normalized spacial score (nSPS) is 55.3. The third-order valence-corrected chi connectivity index (χ3v) is 17.8. The van der Waals surface area contributed by atoms with Gasteiger partial charge in [-0.3, -0.25) is 24.0 Å². The van der Waals surface area contributed by atoms with Gasteiger partial charge in [0.2, 0.25) is 5.72 Å². The van der Waals surface area contributed by atoms with Crippen LogP contribution in [0.1, 0.15) is 89.5 Å². The number of amides is 2. The van der Waals surface area contributed by atoms with Gasteiger partial charge < -0.3 is 29.2 Å². The van der Waals surface area contributed by atoms with E-state index in [0.29, 0.717) is 6.42 Å². The number of esters is 3. The van der Waals surface area contributed by atoms with Crippen LogP contribution in [0, 0.1) is 69.5 Å². The Kier molecular flexibility index (Phi) is 6.97. The van der Waals surface area contributed by atoms with Crippen molar-refractivity contribution in [2.45, 2.75) is 117 Å². The Balaban J connectivity index is 1.17. The summed E-state index contributed by atoms with van der Waals surface area (Å²) in [6.07, 6.45) is -3.49. The van der Waals surface area contributed by atoms with Crippen molar-refractivity contribution in [2.75, 3.05) is 0 Å². The molecule has 3 saturated heterocycles. The number of ether oxygens (including phenoxy) is 4. The highest BCUT2D eigenvalue weighted by Crippen LogP contribution is 2.83. The highest BCUT2D eigenvalue weighted by molar-refractivity contribution is 6.21. The van der Waals surface area contributed by atoms with E-state index in [2.05, 4.69) is 20.8 Å². The maximum Gasteiger partial charge on any atom is 0.340 e. The van der Waals surface area contributed by atoms with Gasteiger partial charge in [-0.25, -0.2) is 4.79 Å². The van der Waals surface area contributed by atoms with Crippen molar-refractivity contribution in [1.29, 1.82) is 0 Å². The molecule has 14 heteroatoms. The lowest BCUT2D eigenvalue weighted by Gasteiger charge is -2.66. The Bertz CT molecular complexity index is 2040. The van der Waals surface area contributed by atoms with Crippen molar-refractivity contribution in [3.8, 4) is 0 Å². The van der Waals surface area contributed by atoms with Crippen LogP contribution in [-0.2, 0) is 38.1 Å². The van der Waals surface area contributed by atoms with Crippen LogP contribution in [0.3, 0.4) is 0 Å². The fraction of sp³-hybridized carbons (Fsp3) is 0.714. The molecule has 5 unspecified atom stereocenters. The molecule has 8 fully saturated rings. The van der Waals surface area contributed by atoms with E-state index in [1.54, 1.807) is 36.2 Å². The zero-order chi connectivity index (χ0) is 40.3. The van der Waals surface area contributed by atoms with Crippen LogP contribution in [0.15, 0.2) is 24.3 Å². The van der Waals surface area contributed by atoms with Crippen molar-refractivity contribution in [3.05, 3.63) is 35.4 Å². The van der Waals surface area contributed by atoms with E-state index in [-0.39, 0.29) is 41.0 Å². The van der Waals surface area contributed by atoms with Crippen LogP contribution in [-0.4, -0.2) is 104 Å². The molecule has 5 saturated carbocycles. The first-order valence-corrected chi connectivity index (χ1v) is 20.1. The summed E-state index contributed by atoms with van der Waals surface area (Å²) in [6.45, 7) is 16.1. The molecule has 5 aliphatic carbocycles. The minimum atomic E-state index is -2.20. The van der Waals surface area contributed by atoms with Gasteiger partial charge in [-0.2, -0.15) is 10.0 Å². The van der Waals surface area contributed by atoms with Gasteiger partial charge in [0.05, 0.1) is 28.7 Å². The molecule has 300 valence electrons. The quantitative estimate of drug-likeness (QED) is 0.198. The molecule has 1 aromatic rings. The molecule has 10 rings (SSSR count). The monoisotopic (exact) mass is 774 g/mol. The molecule has 4 aliphatic heterocycles. The number of fused-ring (bicyclic) bond motifs is 10. The number of nitrogens with zero attached hydrogens (tertiary/aromatic N) is 2. The highest BCUT2D eigenvalue weighted by atomic mass is 16.6. The predicted octanol–water partition coefficient (Wildman–Crippen LogP) is 2.53. The highest BCUT2D eigenvalue weighted by Gasteiger charge is 2.96. The Morgan fingerprint density at radius 3 is 2.04 bits per heavy atom. The van der Waals surface area contributed by atoms with Gasteiger partial charge in [-0.1, -0.05) is 53.7 Å². The van der Waals surface area contributed by atoms with Gasteiger partial charge in [-0.15, -0.1) is 0 Å². The van der Waals surface area contributed by atoms with Gasteiger partial charge in [0.15, 0.2) is 11.4 Å². The number of aliphatic hydroxyl groups is 2. The van der Waals surface area contributed by atoms with E-state index in [1.165, 1.54) is 20.8 Å². The van der Waals surface area contributed by atoms with E-state index in [4.69, 9.17) is 18.9 Å². The first-order chi connectivity index (χ1) is 26.2. The molecular formula is C42H50N2O12. The molecule has 2 amide bonds. The fourth-order valence-corrected chi connectivity index (χ4v) is 15.5. The summed E-state index contributed by atoms with van der Waals surface area (Å²) in [7, 11) is 0. The third kappa shape index (κ3) is 3.68. The number of hydrogen-bond acceptors (Lipinski definition) is 13. The zero-order valence-corrected chi connectivity index (χ0v) is 33.0. The average Bonchev–Trinajstić information content (AvgIpc) is 3.99. The molecule has 2 N–H and O–H groups in total. The molecule has 0 bridgehead atoms. The number of carbonyl (C=O) groups excluding carboxylic acids is 6. The van der Waals surface area contributed by atoms with Crippen molar-refractivity contribution in [1.82, 2.24) is 10.0 Å². The number of benzene rings is 1. The van der Waals surface area contributed by atoms with Crippen LogP contribution >= 0.6 is 0 Å². The van der Waals surface area contributed by atoms with Crippen LogP contribution in [0.5, 0.6) is 0 Å². The second kappa shape index (κ2) is 10.7. The first kappa shape index (κ1) is 36.6. The number of Topliss-reactive ketones (excluding diaryl/α,β-unsaturated/α-hetero) is 1. The molecule has 21 atom stereocenters. The average molecular weight is 775 g/mol. The van der Waals surface area contributed by atoms with E-state index < -0.39 is 123 Å². The smallest absolute Gasteiger partial charge is 0.340 e. The Hall–Kier alpha value is -3.72. The standard InChI is InChI=1S/C42H50N2O12/c1-15-17(3)38(6)26-16(2)33-42(44(33)43-35(49)20-12-10-11-13-21(20)36(43)50)40(8,41(9,52)37(51)56-42)28(26)32(53-18(4)45)27(38)24-25(15)39(7)22(29(47)30(24)48)14-23-31(55-23)34(39)54-19(5)46/h10-13,15-17,22-28,30-34,48,52H,14H2,1-9H3/t15?,16-,17-,22+,23-,24?,25?,26-,27+,28-,30?,31-,32+,33+,34-,38+,39-,40-,41+,42-,44?/m0/s1. The molecule has 14 nitrogen and oxygen atoms in total. The van der Waals surface area contributed by atoms with Gasteiger partial charge in [0.25, 0.3) is 11.8 Å². The van der Waals surface area contributed by atoms with E-state index in [0.717, 1.165) is 5.01 Å². The summed E-state index contributed by atoms with van der Waals surface area (Å²) < 4.78 is 24.9. The molecule has 9 aliphatic rings. The predicted molar refractivity (Wildman–Crippen MR) is 190 cm³/mol. The molecule has 1 spiro atoms. The maximum atomic E-state index is 14.7. The Morgan fingerprint density at radius 1 is 0.839 bits per heavy atom. The van der Waals surface area contributed by atoms with Crippen molar-refractivity contribution >= 4 is 35.5 Å². The summed E-state index contributed by atoms with van der Waals surface area (Å²) in [5, 5.41) is 27.6. The second-order valence-electron chi connectivity index (χ2n) is 19.4. The van der Waals surface area contributed by atoms with Crippen LogP contribution in [0.25, 0.3) is 0 Å². The van der Waals surface area contributed by atoms with Crippen molar-refractivity contribution in [2.24, 2.45) is 69.5 Å². The number of rotatable bonds is 3. The number of hydrogen-bond donors (Lipinski definition) is 2. The number of hydrazine groups is 1. The Labute approximate surface area is 324 Å². The molecular weight excluding hydrogens is 724 g/mol. The summed E-state index contributed by atoms with van der Waals surface area (Å²) in [4.78, 5) is 83.0. The lowest BCUT2D eigenvalue weighted by atomic mass is 9.38. The molecule has 0 aromatic heterocycles. The summed E-state index contributed by atoms with van der Waals surface area (Å²) in [5.74, 6) is -8.06. The Morgan fingerprint density at radius 2 is 1.45 bits per heavy atom. The van der Waals surface area contributed by atoms with E-state index >= 15 is 0 Å². The number of carbonyl (C=O) groups is 6. The number of epoxide rings is 1.